The highest BCUT2D eigenvalue weighted by atomic mass is 35.5. The van der Waals surface area contributed by atoms with E-state index in [4.69, 9.17) is 16.3 Å². The van der Waals surface area contributed by atoms with Crippen LogP contribution >= 0.6 is 11.6 Å². The maximum Gasteiger partial charge on any atom is 0.0829 e. The van der Waals surface area contributed by atoms with Crippen LogP contribution in [0.4, 0.5) is 0 Å². The molecule has 0 amide bonds. The Bertz CT molecular complexity index is 166. The van der Waals surface area contributed by atoms with Crippen LogP contribution in [0.2, 0.25) is 0 Å². The molecule has 4 heteroatoms. The second-order valence-electron chi connectivity index (χ2n) is 4.26. The van der Waals surface area contributed by atoms with Crippen LogP contribution in [0.1, 0.15) is 6.92 Å². The van der Waals surface area contributed by atoms with Gasteiger partial charge in [0, 0.05) is 31.6 Å². The summed E-state index contributed by atoms with van der Waals surface area (Å²) in [6.07, 6.45) is 0.342. The number of alkyl halides is 1. The van der Waals surface area contributed by atoms with Crippen molar-refractivity contribution in [3.05, 3.63) is 0 Å². The number of halogens is 1. The van der Waals surface area contributed by atoms with Crippen molar-refractivity contribution in [2.24, 2.45) is 0 Å². The number of rotatable bonds is 4. The molecular weight excluding hydrogens is 200 g/mol. The molecule has 0 aliphatic carbocycles. The summed E-state index contributed by atoms with van der Waals surface area (Å²) in [5.41, 5.74) is 0. The molecule has 0 radical (unpaired) electrons. The first-order valence-electron chi connectivity index (χ1n) is 5.20. The summed E-state index contributed by atoms with van der Waals surface area (Å²) < 4.78 is 5.67. The van der Waals surface area contributed by atoms with Crippen LogP contribution in [0.3, 0.4) is 0 Å². The Labute approximate surface area is 92.0 Å². The summed E-state index contributed by atoms with van der Waals surface area (Å²) in [7, 11) is 4.23. The minimum Gasteiger partial charge on any atom is -0.374 e. The summed E-state index contributed by atoms with van der Waals surface area (Å²) in [6, 6.07) is 0. The lowest BCUT2D eigenvalue weighted by molar-refractivity contribution is -0.0323. The zero-order valence-electron chi connectivity index (χ0n) is 9.37. The topological polar surface area (TPSA) is 15.7 Å². The van der Waals surface area contributed by atoms with Crippen molar-refractivity contribution in [1.29, 1.82) is 0 Å². The van der Waals surface area contributed by atoms with E-state index in [9.17, 15) is 0 Å². The third-order valence-corrected chi connectivity index (χ3v) is 2.56. The molecule has 2 unspecified atom stereocenters. The van der Waals surface area contributed by atoms with Gasteiger partial charge >= 0.3 is 0 Å². The third-order valence-electron chi connectivity index (χ3n) is 2.42. The van der Waals surface area contributed by atoms with Crippen LogP contribution in [-0.4, -0.2) is 68.2 Å². The van der Waals surface area contributed by atoms with E-state index in [0.29, 0.717) is 6.10 Å². The second-order valence-corrected chi connectivity index (χ2v) is 5.00. The Morgan fingerprint density at radius 2 is 2.36 bits per heavy atom. The van der Waals surface area contributed by atoms with Crippen LogP contribution in [0.25, 0.3) is 0 Å². The summed E-state index contributed by atoms with van der Waals surface area (Å²) in [5.74, 6) is 0. The fourth-order valence-corrected chi connectivity index (χ4v) is 2.06. The molecule has 0 aromatic carbocycles. The van der Waals surface area contributed by atoms with Gasteiger partial charge in [0.2, 0.25) is 0 Å². The molecule has 0 aromatic heterocycles. The Morgan fingerprint density at radius 1 is 1.64 bits per heavy atom. The molecule has 0 N–H and O–H groups in total. The summed E-state index contributed by atoms with van der Waals surface area (Å²) >= 11 is 5.93. The van der Waals surface area contributed by atoms with Crippen molar-refractivity contribution >= 4 is 11.6 Å². The average Bonchev–Trinajstić information content (AvgIpc) is 2.01. The quantitative estimate of drug-likeness (QED) is 0.655. The fourth-order valence-electron chi connectivity index (χ4n) is 1.83. The van der Waals surface area contributed by atoms with Crippen LogP contribution in [0.15, 0.2) is 0 Å². The third kappa shape index (κ3) is 4.60. The van der Waals surface area contributed by atoms with E-state index in [1.807, 2.05) is 6.92 Å². The van der Waals surface area contributed by atoms with Crippen LogP contribution in [0, 0.1) is 0 Å². The average molecular weight is 221 g/mol. The molecule has 1 rings (SSSR count). The Hall–Kier alpha value is 0.170. The largest absolute Gasteiger partial charge is 0.374 e. The van der Waals surface area contributed by atoms with Gasteiger partial charge in [0.15, 0.2) is 0 Å². The van der Waals surface area contributed by atoms with E-state index in [0.717, 1.165) is 32.8 Å². The maximum atomic E-state index is 5.93. The van der Waals surface area contributed by atoms with Crippen molar-refractivity contribution in [2.75, 3.05) is 46.9 Å². The molecule has 0 aromatic rings. The van der Waals surface area contributed by atoms with Gasteiger partial charge in [-0.25, -0.2) is 0 Å². The normalized spacial score (nSPS) is 26.8. The monoisotopic (exact) mass is 220 g/mol. The Morgan fingerprint density at radius 3 is 2.93 bits per heavy atom. The minimum absolute atomic E-state index is 0.210. The number of likely N-dealkylation sites (N-methyl/N-ethyl adjacent to an activating group) is 2. The molecule has 0 spiro atoms. The van der Waals surface area contributed by atoms with Gasteiger partial charge in [0.25, 0.3) is 0 Å². The predicted octanol–water partition coefficient (Wildman–Crippen LogP) is 0.876. The molecule has 3 nitrogen and oxygen atoms in total. The molecule has 1 heterocycles. The highest BCUT2D eigenvalue weighted by Crippen LogP contribution is 2.05. The van der Waals surface area contributed by atoms with Crippen molar-refractivity contribution in [3.63, 3.8) is 0 Å². The number of ether oxygens (including phenoxy) is 1. The molecule has 14 heavy (non-hydrogen) atoms. The van der Waals surface area contributed by atoms with E-state index in [1.165, 1.54) is 0 Å². The first-order valence-corrected chi connectivity index (χ1v) is 5.64. The van der Waals surface area contributed by atoms with Crippen LogP contribution in [-0.2, 0) is 4.74 Å². The lowest BCUT2D eigenvalue weighted by Crippen LogP contribution is -2.45. The highest BCUT2D eigenvalue weighted by Gasteiger charge is 2.19. The molecule has 1 saturated heterocycles. The van der Waals surface area contributed by atoms with Gasteiger partial charge in [0.1, 0.15) is 0 Å². The zero-order chi connectivity index (χ0) is 10.6. The summed E-state index contributed by atoms with van der Waals surface area (Å²) in [4.78, 5) is 4.55. The maximum absolute atomic E-state index is 5.93. The van der Waals surface area contributed by atoms with Crippen molar-refractivity contribution < 1.29 is 4.74 Å². The lowest BCUT2D eigenvalue weighted by atomic mass is 10.2. The van der Waals surface area contributed by atoms with Gasteiger partial charge < -0.3 is 14.5 Å². The molecule has 0 saturated carbocycles. The van der Waals surface area contributed by atoms with Gasteiger partial charge in [0.05, 0.1) is 12.7 Å². The Balaban J connectivity index is 2.21. The van der Waals surface area contributed by atoms with E-state index >= 15 is 0 Å². The Kier molecular flexibility index (Phi) is 5.17. The van der Waals surface area contributed by atoms with E-state index in [-0.39, 0.29) is 5.38 Å². The summed E-state index contributed by atoms with van der Waals surface area (Å²) in [6.45, 7) is 6.84. The molecule has 2 atom stereocenters. The smallest absolute Gasteiger partial charge is 0.0829 e. The highest BCUT2D eigenvalue weighted by molar-refractivity contribution is 6.20. The molecule has 1 fully saturated rings. The van der Waals surface area contributed by atoms with Crippen LogP contribution < -0.4 is 0 Å². The second kappa shape index (κ2) is 5.91. The molecule has 1 aliphatic rings. The number of nitrogens with zero attached hydrogens (tertiary/aromatic N) is 2. The van der Waals surface area contributed by atoms with Crippen LogP contribution in [0.5, 0.6) is 0 Å². The molecule has 1 aliphatic heterocycles. The van der Waals surface area contributed by atoms with Gasteiger partial charge in [-0.3, -0.25) is 0 Å². The molecular formula is C10H21ClN2O. The minimum atomic E-state index is 0.210. The van der Waals surface area contributed by atoms with E-state index < -0.39 is 0 Å². The number of morpholine rings is 1. The first kappa shape index (κ1) is 12.2. The lowest BCUT2D eigenvalue weighted by Gasteiger charge is -2.32. The van der Waals surface area contributed by atoms with Gasteiger partial charge in [-0.1, -0.05) is 0 Å². The zero-order valence-corrected chi connectivity index (χ0v) is 10.1. The SMILES string of the molecule is CC(Cl)CN(C)CC1CN(C)CCO1. The summed E-state index contributed by atoms with van der Waals surface area (Å²) in [5, 5.41) is 0.210. The van der Waals surface area contributed by atoms with Crippen molar-refractivity contribution in [3.8, 4) is 0 Å². The standard InChI is InChI=1S/C10H21ClN2O/c1-9(11)6-13(3)8-10-7-12(2)4-5-14-10/h9-10H,4-8H2,1-3H3. The van der Waals surface area contributed by atoms with E-state index in [2.05, 4.69) is 23.9 Å². The van der Waals surface area contributed by atoms with Gasteiger partial charge in [-0.2, -0.15) is 0 Å². The fraction of sp³-hybridized carbons (Fsp3) is 1.00. The number of hydrogen-bond donors (Lipinski definition) is 0. The predicted molar refractivity (Wildman–Crippen MR) is 60.0 cm³/mol. The van der Waals surface area contributed by atoms with Crippen molar-refractivity contribution in [1.82, 2.24) is 9.80 Å². The van der Waals surface area contributed by atoms with Gasteiger partial charge in [-0.15, -0.1) is 11.6 Å². The number of hydrogen-bond acceptors (Lipinski definition) is 3. The first-order chi connectivity index (χ1) is 6.58. The van der Waals surface area contributed by atoms with E-state index in [1.54, 1.807) is 0 Å². The van der Waals surface area contributed by atoms with Crippen molar-refractivity contribution in [2.45, 2.75) is 18.4 Å². The van der Waals surface area contributed by atoms with Gasteiger partial charge in [-0.05, 0) is 21.0 Å². The molecule has 84 valence electrons. The molecule has 0 bridgehead atoms.